The number of amides is 1. The number of hydrogen-bond donors (Lipinski definition) is 2. The molecule has 1 amide bonds. The van der Waals surface area contributed by atoms with Crippen LogP contribution in [0.1, 0.15) is 35.4 Å². The molecule has 0 bridgehead atoms. The van der Waals surface area contributed by atoms with E-state index in [1.165, 1.54) is 5.56 Å². The second-order valence-electron chi connectivity index (χ2n) is 7.72. The SMILES string of the molecule is Cc1cccc(NC(=O)CN2c3ccc(Cl)c(Cl)c3C3CCNCCC32)c1C. The zero-order valence-corrected chi connectivity index (χ0v) is 17.7. The second kappa shape index (κ2) is 7.94. The van der Waals surface area contributed by atoms with Crippen molar-refractivity contribution in [3.8, 4) is 0 Å². The van der Waals surface area contributed by atoms with Crippen LogP contribution in [0.15, 0.2) is 30.3 Å². The van der Waals surface area contributed by atoms with Gasteiger partial charge in [0.25, 0.3) is 0 Å². The summed E-state index contributed by atoms with van der Waals surface area (Å²) in [6, 6.07) is 10.1. The van der Waals surface area contributed by atoms with E-state index in [1.807, 2.05) is 31.2 Å². The summed E-state index contributed by atoms with van der Waals surface area (Å²) in [5.74, 6) is 0.285. The first-order valence-electron chi connectivity index (χ1n) is 9.78. The number of aryl methyl sites for hydroxylation is 1. The largest absolute Gasteiger partial charge is 0.358 e. The summed E-state index contributed by atoms with van der Waals surface area (Å²) >= 11 is 12.9. The number of rotatable bonds is 3. The van der Waals surface area contributed by atoms with Crippen molar-refractivity contribution in [3.05, 3.63) is 57.1 Å². The molecule has 0 saturated carbocycles. The van der Waals surface area contributed by atoms with E-state index in [4.69, 9.17) is 23.2 Å². The van der Waals surface area contributed by atoms with Crippen molar-refractivity contribution >= 4 is 40.5 Å². The van der Waals surface area contributed by atoms with E-state index in [9.17, 15) is 4.79 Å². The summed E-state index contributed by atoms with van der Waals surface area (Å²) in [4.78, 5) is 15.1. The van der Waals surface area contributed by atoms with Gasteiger partial charge in [0.2, 0.25) is 5.91 Å². The van der Waals surface area contributed by atoms with Crippen molar-refractivity contribution in [2.45, 2.75) is 38.6 Å². The zero-order chi connectivity index (χ0) is 19.8. The number of carbonyl (C=O) groups is 1. The topological polar surface area (TPSA) is 44.4 Å². The molecule has 2 atom stereocenters. The van der Waals surface area contributed by atoms with Gasteiger partial charge in [0, 0.05) is 28.9 Å². The van der Waals surface area contributed by atoms with Gasteiger partial charge in [-0.15, -0.1) is 0 Å². The van der Waals surface area contributed by atoms with Crippen LogP contribution in [0.2, 0.25) is 10.0 Å². The van der Waals surface area contributed by atoms with Gasteiger partial charge in [-0.25, -0.2) is 0 Å². The number of nitrogens with one attached hydrogen (secondary N) is 2. The lowest BCUT2D eigenvalue weighted by Crippen LogP contribution is -2.40. The van der Waals surface area contributed by atoms with Crippen LogP contribution in [-0.2, 0) is 4.79 Å². The third-order valence-electron chi connectivity index (χ3n) is 6.10. The molecule has 1 fully saturated rings. The molecule has 0 aromatic heterocycles. The minimum Gasteiger partial charge on any atom is -0.358 e. The average molecular weight is 418 g/mol. The normalized spacial score (nSPS) is 21.1. The summed E-state index contributed by atoms with van der Waals surface area (Å²) in [5.41, 5.74) is 5.28. The average Bonchev–Trinajstić information content (AvgIpc) is 2.82. The highest BCUT2D eigenvalue weighted by Crippen LogP contribution is 2.49. The van der Waals surface area contributed by atoms with E-state index in [0.717, 1.165) is 48.4 Å². The Morgan fingerprint density at radius 3 is 2.79 bits per heavy atom. The van der Waals surface area contributed by atoms with Crippen molar-refractivity contribution in [1.29, 1.82) is 0 Å². The van der Waals surface area contributed by atoms with Crippen LogP contribution in [0.5, 0.6) is 0 Å². The smallest absolute Gasteiger partial charge is 0.243 e. The summed E-state index contributed by atoms with van der Waals surface area (Å²) < 4.78 is 0. The molecule has 2 aromatic carbocycles. The van der Waals surface area contributed by atoms with Crippen LogP contribution in [0.4, 0.5) is 11.4 Å². The lowest BCUT2D eigenvalue weighted by molar-refractivity contribution is -0.115. The summed E-state index contributed by atoms with van der Waals surface area (Å²) in [7, 11) is 0. The maximum atomic E-state index is 12.9. The Kier molecular flexibility index (Phi) is 5.55. The molecule has 2 heterocycles. The molecule has 6 heteroatoms. The predicted molar refractivity (Wildman–Crippen MR) is 117 cm³/mol. The molecule has 2 aliphatic heterocycles. The first-order chi connectivity index (χ1) is 13.5. The van der Waals surface area contributed by atoms with Gasteiger partial charge in [0.05, 0.1) is 16.6 Å². The van der Waals surface area contributed by atoms with Gasteiger partial charge in [0.1, 0.15) is 0 Å². The molecule has 0 spiro atoms. The number of fused-ring (bicyclic) bond motifs is 3. The Hall–Kier alpha value is -1.75. The van der Waals surface area contributed by atoms with Gasteiger partial charge in [0.15, 0.2) is 0 Å². The minimum absolute atomic E-state index is 0.0106. The number of hydrogen-bond acceptors (Lipinski definition) is 3. The molecule has 2 aromatic rings. The Balaban J connectivity index is 1.62. The monoisotopic (exact) mass is 417 g/mol. The van der Waals surface area contributed by atoms with Crippen LogP contribution < -0.4 is 15.5 Å². The van der Waals surface area contributed by atoms with Crippen LogP contribution in [0.3, 0.4) is 0 Å². The zero-order valence-electron chi connectivity index (χ0n) is 16.2. The lowest BCUT2D eigenvalue weighted by Gasteiger charge is -2.29. The third kappa shape index (κ3) is 3.49. The van der Waals surface area contributed by atoms with E-state index in [0.29, 0.717) is 22.5 Å². The summed E-state index contributed by atoms with van der Waals surface area (Å²) in [5, 5.41) is 7.77. The molecular weight excluding hydrogens is 393 g/mol. The number of nitrogens with zero attached hydrogens (tertiary/aromatic N) is 1. The molecule has 2 N–H and O–H groups in total. The van der Waals surface area contributed by atoms with E-state index >= 15 is 0 Å². The van der Waals surface area contributed by atoms with Crippen molar-refractivity contribution in [2.24, 2.45) is 0 Å². The Bertz CT molecular complexity index is 915. The first kappa shape index (κ1) is 19.6. The van der Waals surface area contributed by atoms with Crippen LogP contribution in [-0.4, -0.2) is 31.6 Å². The Morgan fingerprint density at radius 2 is 1.96 bits per heavy atom. The number of carbonyl (C=O) groups excluding carboxylic acids is 1. The second-order valence-corrected chi connectivity index (χ2v) is 8.50. The van der Waals surface area contributed by atoms with Gasteiger partial charge in [-0.1, -0.05) is 35.3 Å². The molecule has 148 valence electrons. The van der Waals surface area contributed by atoms with Crippen molar-refractivity contribution in [2.75, 3.05) is 29.9 Å². The highest BCUT2D eigenvalue weighted by Gasteiger charge is 2.41. The molecule has 1 saturated heterocycles. The van der Waals surface area contributed by atoms with Gasteiger partial charge in [-0.3, -0.25) is 4.79 Å². The van der Waals surface area contributed by atoms with E-state index in [2.05, 4.69) is 28.5 Å². The van der Waals surface area contributed by atoms with Gasteiger partial charge >= 0.3 is 0 Å². The quantitative estimate of drug-likeness (QED) is 0.745. The molecule has 4 nitrogen and oxygen atoms in total. The van der Waals surface area contributed by atoms with Crippen molar-refractivity contribution in [3.63, 3.8) is 0 Å². The minimum atomic E-state index is -0.0106. The fourth-order valence-electron chi connectivity index (χ4n) is 4.51. The fourth-order valence-corrected chi connectivity index (χ4v) is 4.97. The molecule has 2 aliphatic rings. The summed E-state index contributed by atoms with van der Waals surface area (Å²) in [6.07, 6.45) is 1.97. The third-order valence-corrected chi connectivity index (χ3v) is 6.92. The maximum absolute atomic E-state index is 12.9. The first-order valence-corrected chi connectivity index (χ1v) is 10.5. The van der Waals surface area contributed by atoms with E-state index < -0.39 is 0 Å². The number of anilines is 2. The number of benzene rings is 2. The predicted octanol–water partition coefficient (Wildman–Crippen LogP) is 4.90. The van der Waals surface area contributed by atoms with Crippen LogP contribution in [0, 0.1) is 13.8 Å². The van der Waals surface area contributed by atoms with Gasteiger partial charge in [-0.05, 0) is 69.1 Å². The molecular formula is C22H25Cl2N3O. The summed E-state index contributed by atoms with van der Waals surface area (Å²) in [6.45, 7) is 6.28. The molecule has 2 unspecified atom stereocenters. The highest BCUT2D eigenvalue weighted by atomic mass is 35.5. The van der Waals surface area contributed by atoms with Crippen LogP contribution >= 0.6 is 23.2 Å². The molecule has 0 aliphatic carbocycles. The maximum Gasteiger partial charge on any atom is 0.243 e. The van der Waals surface area contributed by atoms with Gasteiger partial charge in [-0.2, -0.15) is 0 Å². The standard InChI is InChI=1S/C22H25Cl2N3O/c1-13-4-3-5-17(14(13)2)26-20(28)12-27-18-9-11-25-10-8-15(18)21-19(27)7-6-16(23)22(21)24/h3-7,15,18,25H,8-12H2,1-2H3,(H,26,28). The molecule has 0 radical (unpaired) electrons. The number of halogens is 2. The van der Waals surface area contributed by atoms with Gasteiger partial charge < -0.3 is 15.5 Å². The van der Waals surface area contributed by atoms with E-state index in [-0.39, 0.29) is 11.9 Å². The van der Waals surface area contributed by atoms with Crippen molar-refractivity contribution in [1.82, 2.24) is 5.32 Å². The van der Waals surface area contributed by atoms with Crippen molar-refractivity contribution < 1.29 is 4.79 Å². The molecule has 4 rings (SSSR count). The Morgan fingerprint density at radius 1 is 1.18 bits per heavy atom. The molecule has 28 heavy (non-hydrogen) atoms. The lowest BCUT2D eigenvalue weighted by atomic mass is 9.91. The van der Waals surface area contributed by atoms with Crippen LogP contribution in [0.25, 0.3) is 0 Å². The fraction of sp³-hybridized carbons (Fsp3) is 0.409. The Labute approximate surface area is 176 Å². The highest BCUT2D eigenvalue weighted by molar-refractivity contribution is 6.42. The van der Waals surface area contributed by atoms with E-state index in [1.54, 1.807) is 0 Å².